The van der Waals surface area contributed by atoms with Gasteiger partial charge in [0.25, 0.3) is 0 Å². The standard InChI is InChI=1S/C20H19F3N8O3/c1-10-17(32)27-14-15(18(33)34)28-19(29-16(14)30(10)2)25-6-12-7-26-31(9-12)8-11-3-4-13(24-5-11)20(21,22)23/h3-5,7,9-10H,6,8H2,1-2H3,(H,27,32)(H,33,34)(H,25,28,29)/t10-/m0/s1. The van der Waals surface area contributed by atoms with Crippen molar-refractivity contribution < 1.29 is 27.9 Å². The number of amides is 1. The summed E-state index contributed by atoms with van der Waals surface area (Å²) in [6, 6.07) is 1.70. The molecule has 1 aliphatic rings. The molecule has 0 aromatic carbocycles. The van der Waals surface area contributed by atoms with Crippen LogP contribution in [0.4, 0.5) is 30.6 Å². The van der Waals surface area contributed by atoms with Gasteiger partial charge in [-0.2, -0.15) is 23.3 Å². The molecule has 34 heavy (non-hydrogen) atoms. The van der Waals surface area contributed by atoms with E-state index >= 15 is 0 Å². The smallest absolute Gasteiger partial charge is 0.433 e. The van der Waals surface area contributed by atoms with Crippen molar-refractivity contribution in [1.29, 1.82) is 0 Å². The molecule has 1 amide bonds. The number of carbonyl (C=O) groups is 2. The van der Waals surface area contributed by atoms with Crippen LogP contribution in [0, 0.1) is 0 Å². The fourth-order valence-corrected chi connectivity index (χ4v) is 3.28. The SMILES string of the molecule is C[C@H]1C(=O)Nc2c(C(=O)O)nc(NCc3cnn(Cc4ccc(C(F)(F)F)nc4)c3)nc2N1C. The van der Waals surface area contributed by atoms with E-state index in [-0.39, 0.29) is 42.1 Å². The maximum atomic E-state index is 12.6. The number of rotatable bonds is 6. The molecule has 1 aliphatic heterocycles. The number of carboxylic acids is 1. The maximum absolute atomic E-state index is 12.6. The van der Waals surface area contributed by atoms with Crippen LogP contribution in [0.1, 0.15) is 34.2 Å². The van der Waals surface area contributed by atoms with Crippen molar-refractivity contribution in [3.8, 4) is 0 Å². The summed E-state index contributed by atoms with van der Waals surface area (Å²) in [5.41, 5.74) is -0.0364. The second-order valence-electron chi connectivity index (χ2n) is 7.62. The lowest BCUT2D eigenvalue weighted by molar-refractivity contribution is -0.141. The first-order valence-corrected chi connectivity index (χ1v) is 9.99. The Morgan fingerprint density at radius 3 is 2.65 bits per heavy atom. The average Bonchev–Trinajstić information content (AvgIpc) is 3.23. The first-order valence-electron chi connectivity index (χ1n) is 9.99. The van der Waals surface area contributed by atoms with Crippen molar-refractivity contribution in [1.82, 2.24) is 24.7 Å². The Morgan fingerprint density at radius 1 is 1.24 bits per heavy atom. The Kier molecular flexibility index (Phi) is 5.81. The monoisotopic (exact) mass is 476 g/mol. The van der Waals surface area contributed by atoms with Gasteiger partial charge in [-0.15, -0.1) is 0 Å². The third kappa shape index (κ3) is 4.60. The summed E-state index contributed by atoms with van der Waals surface area (Å²) >= 11 is 0. The molecule has 0 aliphatic carbocycles. The van der Waals surface area contributed by atoms with E-state index in [1.54, 1.807) is 31.3 Å². The number of nitrogens with zero attached hydrogens (tertiary/aromatic N) is 6. The van der Waals surface area contributed by atoms with Crippen LogP contribution in [-0.2, 0) is 24.1 Å². The van der Waals surface area contributed by atoms with Gasteiger partial charge in [-0.05, 0) is 18.6 Å². The second kappa shape index (κ2) is 8.61. The largest absolute Gasteiger partial charge is 0.476 e. The third-order valence-corrected chi connectivity index (χ3v) is 5.23. The van der Waals surface area contributed by atoms with Crippen LogP contribution >= 0.6 is 0 Å². The molecule has 3 aromatic rings. The predicted molar refractivity (Wildman–Crippen MR) is 113 cm³/mol. The molecule has 4 rings (SSSR count). The minimum atomic E-state index is -4.50. The van der Waals surface area contributed by atoms with Gasteiger partial charge in [0.15, 0.2) is 11.5 Å². The molecule has 4 heterocycles. The van der Waals surface area contributed by atoms with Gasteiger partial charge in [-0.1, -0.05) is 6.07 Å². The number of carbonyl (C=O) groups excluding carboxylic acids is 1. The number of aromatic carboxylic acids is 1. The van der Waals surface area contributed by atoms with E-state index in [4.69, 9.17) is 0 Å². The number of fused-ring (bicyclic) bond motifs is 1. The Morgan fingerprint density at radius 2 is 2.00 bits per heavy atom. The highest BCUT2D eigenvalue weighted by Crippen LogP contribution is 2.32. The Bertz CT molecular complexity index is 1240. The Hall–Kier alpha value is -4.23. The van der Waals surface area contributed by atoms with Crippen LogP contribution in [0.2, 0.25) is 0 Å². The summed E-state index contributed by atoms with van der Waals surface area (Å²) in [5, 5.41) is 19.2. The van der Waals surface area contributed by atoms with E-state index in [2.05, 4.69) is 30.7 Å². The molecule has 11 nitrogen and oxygen atoms in total. The average molecular weight is 476 g/mol. The quantitative estimate of drug-likeness (QED) is 0.489. The van der Waals surface area contributed by atoms with Gasteiger partial charge < -0.3 is 20.6 Å². The zero-order chi connectivity index (χ0) is 24.6. The van der Waals surface area contributed by atoms with E-state index in [0.29, 0.717) is 11.1 Å². The van der Waals surface area contributed by atoms with E-state index < -0.39 is 23.9 Å². The van der Waals surface area contributed by atoms with E-state index in [1.165, 1.54) is 10.7 Å². The van der Waals surface area contributed by atoms with E-state index in [0.717, 1.165) is 12.3 Å². The lowest BCUT2D eigenvalue weighted by Gasteiger charge is -2.32. The predicted octanol–water partition coefficient (Wildman–Crippen LogP) is 2.22. The number of hydrogen-bond acceptors (Lipinski definition) is 8. The molecule has 3 aromatic heterocycles. The second-order valence-corrected chi connectivity index (χ2v) is 7.62. The first-order chi connectivity index (χ1) is 16.0. The van der Waals surface area contributed by atoms with Crippen LogP contribution < -0.4 is 15.5 Å². The zero-order valence-corrected chi connectivity index (χ0v) is 18.0. The summed E-state index contributed by atoms with van der Waals surface area (Å²) in [6.45, 7) is 2.08. The van der Waals surface area contributed by atoms with E-state index in [1.807, 2.05) is 0 Å². The Balaban J connectivity index is 1.47. The van der Waals surface area contributed by atoms with Gasteiger partial charge in [-0.3, -0.25) is 14.5 Å². The molecule has 0 saturated heterocycles. The number of hydrogen-bond donors (Lipinski definition) is 3. The number of likely N-dealkylation sites (N-methyl/N-ethyl adjacent to an activating group) is 1. The van der Waals surface area contributed by atoms with E-state index in [9.17, 15) is 27.9 Å². The number of aromatic nitrogens is 5. The number of halogens is 3. The van der Waals surface area contributed by atoms with Crippen LogP contribution in [0.3, 0.4) is 0 Å². The minimum Gasteiger partial charge on any atom is -0.476 e. The van der Waals surface area contributed by atoms with Gasteiger partial charge in [0.1, 0.15) is 17.4 Å². The minimum absolute atomic E-state index is 0.0293. The van der Waals surface area contributed by atoms with Crippen molar-refractivity contribution in [3.63, 3.8) is 0 Å². The molecule has 0 bridgehead atoms. The van der Waals surface area contributed by atoms with Gasteiger partial charge in [0.2, 0.25) is 11.9 Å². The Labute approximate surface area is 190 Å². The number of pyridine rings is 1. The first kappa shape index (κ1) is 22.9. The van der Waals surface area contributed by atoms with Crippen LogP contribution in [0.15, 0.2) is 30.7 Å². The van der Waals surface area contributed by atoms with Gasteiger partial charge in [-0.25, -0.2) is 9.78 Å². The lowest BCUT2D eigenvalue weighted by Crippen LogP contribution is -2.45. The normalized spacial score (nSPS) is 15.6. The lowest BCUT2D eigenvalue weighted by atomic mass is 10.1. The van der Waals surface area contributed by atoms with Crippen LogP contribution in [0.25, 0.3) is 0 Å². The van der Waals surface area contributed by atoms with Crippen molar-refractivity contribution >= 4 is 29.3 Å². The summed E-state index contributed by atoms with van der Waals surface area (Å²) in [7, 11) is 1.63. The number of nitrogens with one attached hydrogen (secondary N) is 2. The van der Waals surface area contributed by atoms with Gasteiger partial charge in [0.05, 0.1) is 12.7 Å². The molecule has 0 spiro atoms. The van der Waals surface area contributed by atoms with Crippen molar-refractivity contribution in [3.05, 3.63) is 53.2 Å². The molecule has 178 valence electrons. The molecule has 0 radical (unpaired) electrons. The number of anilines is 3. The number of carboxylic acid groups (broad SMARTS) is 1. The van der Waals surface area contributed by atoms with Crippen molar-refractivity contribution in [2.24, 2.45) is 0 Å². The molecular formula is C20H19F3N8O3. The third-order valence-electron chi connectivity index (χ3n) is 5.23. The zero-order valence-electron chi connectivity index (χ0n) is 18.0. The molecule has 0 unspecified atom stereocenters. The highest BCUT2D eigenvalue weighted by Gasteiger charge is 2.33. The van der Waals surface area contributed by atoms with Gasteiger partial charge >= 0.3 is 12.1 Å². The molecule has 0 fully saturated rings. The molecule has 1 atom stereocenters. The number of alkyl halides is 3. The van der Waals surface area contributed by atoms with Crippen molar-refractivity contribution in [2.45, 2.75) is 32.2 Å². The fourth-order valence-electron chi connectivity index (χ4n) is 3.28. The summed E-state index contributed by atoms with van der Waals surface area (Å²) < 4.78 is 39.5. The highest BCUT2D eigenvalue weighted by atomic mass is 19.4. The van der Waals surface area contributed by atoms with Crippen LogP contribution in [-0.4, -0.2) is 54.8 Å². The topological polar surface area (TPSA) is 138 Å². The van der Waals surface area contributed by atoms with Gasteiger partial charge in [0, 0.05) is 31.5 Å². The molecule has 3 N–H and O–H groups in total. The van der Waals surface area contributed by atoms with Crippen molar-refractivity contribution in [2.75, 3.05) is 22.6 Å². The summed E-state index contributed by atoms with van der Waals surface area (Å²) in [4.78, 5) is 37.1. The fraction of sp³-hybridized carbons (Fsp3) is 0.300. The maximum Gasteiger partial charge on any atom is 0.433 e. The summed E-state index contributed by atoms with van der Waals surface area (Å²) in [6.07, 6.45) is -0.126. The summed E-state index contributed by atoms with van der Waals surface area (Å²) in [5.74, 6) is -1.36. The van der Waals surface area contributed by atoms with Crippen LogP contribution in [0.5, 0.6) is 0 Å². The molecule has 14 heteroatoms. The molecular weight excluding hydrogens is 457 g/mol. The highest BCUT2D eigenvalue weighted by molar-refractivity contribution is 6.08. The molecule has 0 saturated carbocycles.